The van der Waals surface area contributed by atoms with Crippen molar-refractivity contribution in [1.29, 1.82) is 0 Å². The van der Waals surface area contributed by atoms with Gasteiger partial charge in [0.15, 0.2) is 0 Å². The van der Waals surface area contributed by atoms with Crippen LogP contribution >= 0.6 is 0 Å². The van der Waals surface area contributed by atoms with Crippen LogP contribution in [-0.2, 0) is 14.3 Å². The minimum absolute atomic E-state index is 0.00655. The maximum atomic E-state index is 13.0. The highest BCUT2D eigenvalue weighted by molar-refractivity contribution is 6.00. The molecule has 0 spiro atoms. The lowest BCUT2D eigenvalue weighted by Crippen LogP contribution is -2.72. The van der Waals surface area contributed by atoms with Gasteiger partial charge in [-0.05, 0) is 44.9 Å². The Bertz CT molecular complexity index is 415. The highest BCUT2D eigenvalue weighted by Crippen LogP contribution is 2.43. The van der Waals surface area contributed by atoms with Crippen molar-refractivity contribution in [2.45, 2.75) is 63.6 Å². The average Bonchev–Trinajstić information content (AvgIpc) is 3.28. The van der Waals surface area contributed by atoms with Gasteiger partial charge < -0.3 is 15.0 Å². The summed E-state index contributed by atoms with van der Waals surface area (Å²) in [6.07, 6.45) is 4.64. The van der Waals surface area contributed by atoms with Crippen LogP contribution in [0.2, 0.25) is 0 Å². The van der Waals surface area contributed by atoms with Crippen molar-refractivity contribution in [2.75, 3.05) is 13.2 Å². The Morgan fingerprint density at radius 1 is 1.35 bits per heavy atom. The molecule has 0 aromatic heterocycles. The van der Waals surface area contributed by atoms with Gasteiger partial charge in [0.05, 0.1) is 12.6 Å². The molecule has 3 rings (SSSR count). The zero-order chi connectivity index (χ0) is 14.3. The summed E-state index contributed by atoms with van der Waals surface area (Å²) in [5.74, 6) is 0.415. The Morgan fingerprint density at radius 2 is 2.10 bits per heavy atom. The van der Waals surface area contributed by atoms with Gasteiger partial charge in [0.1, 0.15) is 11.6 Å². The first-order chi connectivity index (χ1) is 9.58. The Labute approximate surface area is 120 Å². The summed E-state index contributed by atoms with van der Waals surface area (Å²) < 4.78 is 5.53. The molecule has 3 aliphatic rings. The Balaban J connectivity index is 1.89. The summed E-state index contributed by atoms with van der Waals surface area (Å²) in [4.78, 5) is 27.3. The third-order valence-corrected chi connectivity index (χ3v) is 5.01. The molecule has 5 nitrogen and oxygen atoms in total. The van der Waals surface area contributed by atoms with E-state index in [2.05, 4.69) is 5.32 Å². The molecule has 1 saturated carbocycles. The summed E-state index contributed by atoms with van der Waals surface area (Å²) in [5, 5.41) is 3.00. The molecule has 1 N–H and O–H groups in total. The van der Waals surface area contributed by atoms with E-state index < -0.39 is 5.54 Å². The van der Waals surface area contributed by atoms with E-state index in [-0.39, 0.29) is 23.9 Å². The van der Waals surface area contributed by atoms with E-state index in [1.165, 1.54) is 0 Å². The van der Waals surface area contributed by atoms with Crippen LogP contribution in [0.5, 0.6) is 0 Å². The van der Waals surface area contributed by atoms with Crippen LogP contribution in [-0.4, -0.2) is 47.6 Å². The highest BCUT2D eigenvalue weighted by Gasteiger charge is 2.56. The van der Waals surface area contributed by atoms with Crippen molar-refractivity contribution < 1.29 is 14.3 Å². The number of piperazine rings is 1. The van der Waals surface area contributed by atoms with Crippen LogP contribution in [0, 0.1) is 5.92 Å². The van der Waals surface area contributed by atoms with E-state index in [4.69, 9.17) is 4.74 Å². The monoisotopic (exact) mass is 280 g/mol. The Hall–Kier alpha value is -1.10. The third kappa shape index (κ3) is 2.12. The van der Waals surface area contributed by atoms with Gasteiger partial charge in [-0.15, -0.1) is 0 Å². The first-order valence-corrected chi connectivity index (χ1v) is 7.80. The van der Waals surface area contributed by atoms with Crippen molar-refractivity contribution in [3.8, 4) is 0 Å². The highest BCUT2D eigenvalue weighted by atomic mass is 16.5. The molecule has 0 aromatic rings. The first-order valence-electron chi connectivity index (χ1n) is 7.80. The van der Waals surface area contributed by atoms with Gasteiger partial charge in [0, 0.05) is 6.61 Å². The maximum Gasteiger partial charge on any atom is 0.249 e. The zero-order valence-electron chi connectivity index (χ0n) is 12.4. The lowest BCUT2D eigenvalue weighted by Gasteiger charge is -2.48. The molecule has 1 aliphatic carbocycles. The van der Waals surface area contributed by atoms with Crippen LogP contribution < -0.4 is 5.32 Å². The van der Waals surface area contributed by atoms with Gasteiger partial charge in [-0.1, -0.05) is 6.92 Å². The fourth-order valence-electron chi connectivity index (χ4n) is 3.61. The summed E-state index contributed by atoms with van der Waals surface area (Å²) in [7, 11) is 0. The molecule has 2 amide bonds. The molecule has 3 unspecified atom stereocenters. The van der Waals surface area contributed by atoms with Gasteiger partial charge in [-0.25, -0.2) is 0 Å². The number of rotatable bonds is 3. The molecule has 3 atom stereocenters. The normalized spacial score (nSPS) is 38.8. The van der Waals surface area contributed by atoms with Gasteiger partial charge in [-0.2, -0.15) is 0 Å². The summed E-state index contributed by atoms with van der Waals surface area (Å²) >= 11 is 0. The van der Waals surface area contributed by atoms with Crippen molar-refractivity contribution in [3.05, 3.63) is 0 Å². The topological polar surface area (TPSA) is 58.6 Å². The molecule has 3 fully saturated rings. The van der Waals surface area contributed by atoms with Crippen molar-refractivity contribution in [1.82, 2.24) is 10.2 Å². The minimum Gasteiger partial charge on any atom is -0.379 e. The molecular weight excluding hydrogens is 256 g/mol. The van der Waals surface area contributed by atoms with Crippen molar-refractivity contribution >= 4 is 11.8 Å². The number of nitrogens with one attached hydrogen (secondary N) is 1. The van der Waals surface area contributed by atoms with Crippen molar-refractivity contribution in [3.63, 3.8) is 0 Å². The standard InChI is InChI=1S/C15H24N2O3/c1-3-12-13(18)16-15(2,10-6-7-10)14(19)17(12)11-5-4-8-20-9-11/h10-12H,3-9H2,1-2H3,(H,16,18). The lowest BCUT2D eigenvalue weighted by atomic mass is 9.87. The van der Waals surface area contributed by atoms with Crippen LogP contribution in [0.3, 0.4) is 0 Å². The van der Waals surface area contributed by atoms with E-state index in [1.807, 2.05) is 18.7 Å². The first kappa shape index (κ1) is 13.9. The molecule has 0 bridgehead atoms. The molecule has 20 heavy (non-hydrogen) atoms. The van der Waals surface area contributed by atoms with Gasteiger partial charge in [0.25, 0.3) is 0 Å². The molecule has 0 radical (unpaired) electrons. The number of carbonyl (C=O) groups is 2. The number of hydrogen-bond donors (Lipinski definition) is 1. The second-order valence-corrected chi connectivity index (χ2v) is 6.47. The Morgan fingerprint density at radius 3 is 2.65 bits per heavy atom. The lowest BCUT2D eigenvalue weighted by molar-refractivity contribution is -0.161. The fraction of sp³-hybridized carbons (Fsp3) is 0.867. The second-order valence-electron chi connectivity index (χ2n) is 6.47. The number of hydrogen-bond acceptors (Lipinski definition) is 3. The van der Waals surface area contributed by atoms with Crippen molar-refractivity contribution in [2.24, 2.45) is 5.92 Å². The number of ether oxygens (including phenoxy) is 1. The molecule has 2 heterocycles. The summed E-state index contributed by atoms with van der Waals surface area (Å²) in [5.41, 5.74) is -0.694. The molecule has 5 heteroatoms. The summed E-state index contributed by atoms with van der Waals surface area (Å²) in [6.45, 7) is 5.19. The van der Waals surface area contributed by atoms with Gasteiger partial charge in [-0.3, -0.25) is 9.59 Å². The number of amides is 2. The van der Waals surface area contributed by atoms with Crippen LogP contribution in [0.15, 0.2) is 0 Å². The maximum absolute atomic E-state index is 13.0. The van der Waals surface area contributed by atoms with Gasteiger partial charge >= 0.3 is 0 Å². The quantitative estimate of drug-likeness (QED) is 0.841. The Kier molecular flexibility index (Phi) is 3.48. The predicted molar refractivity (Wildman–Crippen MR) is 74.0 cm³/mol. The summed E-state index contributed by atoms with van der Waals surface area (Å²) in [6, 6.07) is -0.272. The molecule has 112 valence electrons. The molecule has 2 saturated heterocycles. The number of nitrogens with zero attached hydrogens (tertiary/aromatic N) is 1. The molecule has 0 aromatic carbocycles. The van der Waals surface area contributed by atoms with Gasteiger partial charge in [0.2, 0.25) is 11.8 Å². The fourth-order valence-corrected chi connectivity index (χ4v) is 3.61. The predicted octanol–water partition coefficient (Wildman–Crippen LogP) is 1.07. The molecule has 2 aliphatic heterocycles. The SMILES string of the molecule is CCC1C(=O)NC(C)(C2CC2)C(=O)N1C1CCCOC1. The largest absolute Gasteiger partial charge is 0.379 e. The van der Waals surface area contributed by atoms with Crippen LogP contribution in [0.1, 0.15) is 46.0 Å². The minimum atomic E-state index is -0.694. The molecular formula is C15H24N2O3. The average molecular weight is 280 g/mol. The van der Waals surface area contributed by atoms with E-state index in [9.17, 15) is 9.59 Å². The third-order valence-electron chi connectivity index (χ3n) is 5.01. The van der Waals surface area contributed by atoms with E-state index in [1.54, 1.807) is 0 Å². The second kappa shape index (κ2) is 5.02. The smallest absolute Gasteiger partial charge is 0.249 e. The zero-order valence-corrected chi connectivity index (χ0v) is 12.4. The van der Waals surface area contributed by atoms with E-state index >= 15 is 0 Å². The van der Waals surface area contributed by atoms with Crippen LogP contribution in [0.4, 0.5) is 0 Å². The number of carbonyl (C=O) groups excluding carboxylic acids is 2. The van der Waals surface area contributed by atoms with E-state index in [0.29, 0.717) is 18.9 Å². The van der Waals surface area contributed by atoms with E-state index in [0.717, 1.165) is 32.3 Å². The van der Waals surface area contributed by atoms with Crippen LogP contribution in [0.25, 0.3) is 0 Å².